The van der Waals surface area contributed by atoms with Gasteiger partial charge in [0.2, 0.25) is 0 Å². The number of carboxylic acid groups (broad SMARTS) is 1. The van der Waals surface area contributed by atoms with Gasteiger partial charge >= 0.3 is 12.0 Å². The van der Waals surface area contributed by atoms with Crippen LogP contribution in [0.25, 0.3) is 0 Å². The van der Waals surface area contributed by atoms with Gasteiger partial charge < -0.3 is 20.2 Å². The number of hydrogen-bond acceptors (Lipinski definition) is 3. The summed E-state index contributed by atoms with van der Waals surface area (Å²) in [7, 11) is 4.11. The Labute approximate surface area is 121 Å². The summed E-state index contributed by atoms with van der Waals surface area (Å²) in [6.07, 6.45) is 2.42. The first-order valence-electron chi connectivity index (χ1n) is 7.22. The quantitative estimate of drug-likeness (QED) is 0.796. The summed E-state index contributed by atoms with van der Waals surface area (Å²) in [5.74, 6) is -0.869. The summed E-state index contributed by atoms with van der Waals surface area (Å²) < 4.78 is 0. The molecule has 1 atom stereocenters. The fourth-order valence-corrected chi connectivity index (χ4v) is 2.32. The second kappa shape index (κ2) is 6.92. The fourth-order valence-electron chi connectivity index (χ4n) is 2.32. The van der Waals surface area contributed by atoms with Crippen molar-refractivity contribution in [3.8, 4) is 0 Å². The molecule has 1 saturated heterocycles. The summed E-state index contributed by atoms with van der Waals surface area (Å²) in [6, 6.07) is 0.377. The number of hydrogen-bond donors (Lipinski definition) is 2. The number of carboxylic acids is 1. The van der Waals surface area contributed by atoms with Crippen molar-refractivity contribution in [2.75, 3.05) is 33.7 Å². The molecule has 0 aromatic rings. The lowest BCUT2D eigenvalue weighted by molar-refractivity contribution is -0.147. The number of likely N-dealkylation sites (tertiary alicyclic amines) is 1. The monoisotopic (exact) mass is 285 g/mol. The zero-order valence-electron chi connectivity index (χ0n) is 13.0. The highest BCUT2D eigenvalue weighted by atomic mass is 16.4. The van der Waals surface area contributed by atoms with E-state index in [0.29, 0.717) is 12.5 Å². The van der Waals surface area contributed by atoms with E-state index in [2.05, 4.69) is 24.3 Å². The lowest BCUT2D eigenvalue weighted by atomic mass is 9.88. The molecule has 0 bridgehead atoms. The van der Waals surface area contributed by atoms with Crippen LogP contribution in [0.15, 0.2) is 0 Å². The lowest BCUT2D eigenvalue weighted by Crippen LogP contribution is -2.50. The molecule has 0 aromatic carbocycles. The Morgan fingerprint density at radius 1 is 1.35 bits per heavy atom. The van der Waals surface area contributed by atoms with Crippen molar-refractivity contribution < 1.29 is 14.7 Å². The predicted molar refractivity (Wildman–Crippen MR) is 77.7 cm³/mol. The lowest BCUT2D eigenvalue weighted by Gasteiger charge is -2.35. The van der Waals surface area contributed by atoms with Crippen molar-refractivity contribution in [1.82, 2.24) is 15.1 Å². The van der Waals surface area contributed by atoms with Crippen molar-refractivity contribution in [3.63, 3.8) is 0 Å². The minimum Gasteiger partial charge on any atom is -0.481 e. The SMILES string of the molecule is CCC(C)(CNC(=O)N1CCC(N(C)C)CC1)C(=O)O. The molecule has 1 rings (SSSR count). The number of carbonyl (C=O) groups is 2. The molecule has 0 radical (unpaired) electrons. The molecule has 6 nitrogen and oxygen atoms in total. The third-order valence-electron chi connectivity index (χ3n) is 4.41. The van der Waals surface area contributed by atoms with E-state index in [1.807, 2.05) is 6.92 Å². The highest BCUT2D eigenvalue weighted by Crippen LogP contribution is 2.20. The highest BCUT2D eigenvalue weighted by molar-refractivity contribution is 5.77. The normalized spacial score (nSPS) is 19.8. The predicted octanol–water partition coefficient (Wildman–Crippen LogP) is 1.22. The standard InChI is InChI=1S/C14H27N3O3/c1-5-14(2,12(18)19)10-15-13(20)17-8-6-11(7-9-17)16(3)4/h11H,5-10H2,1-4H3,(H,15,20)(H,18,19). The molecule has 116 valence electrons. The summed E-state index contributed by atoms with van der Waals surface area (Å²) >= 11 is 0. The van der Waals surface area contributed by atoms with Crippen LogP contribution in [0, 0.1) is 5.41 Å². The van der Waals surface area contributed by atoms with Crippen LogP contribution in [0.2, 0.25) is 0 Å². The Morgan fingerprint density at radius 3 is 2.30 bits per heavy atom. The molecule has 1 heterocycles. The summed E-state index contributed by atoms with van der Waals surface area (Å²) in [6.45, 7) is 5.11. The minimum absolute atomic E-state index is 0.150. The van der Waals surface area contributed by atoms with E-state index in [9.17, 15) is 14.7 Å². The fraction of sp³-hybridized carbons (Fsp3) is 0.857. The Hall–Kier alpha value is -1.30. The van der Waals surface area contributed by atoms with Crippen molar-refractivity contribution in [1.29, 1.82) is 0 Å². The highest BCUT2D eigenvalue weighted by Gasteiger charge is 2.32. The average molecular weight is 285 g/mol. The Kier molecular flexibility index (Phi) is 5.80. The van der Waals surface area contributed by atoms with E-state index in [4.69, 9.17) is 0 Å². The Morgan fingerprint density at radius 2 is 1.90 bits per heavy atom. The maximum Gasteiger partial charge on any atom is 0.317 e. The maximum absolute atomic E-state index is 12.1. The zero-order chi connectivity index (χ0) is 15.3. The van der Waals surface area contributed by atoms with E-state index >= 15 is 0 Å². The van der Waals surface area contributed by atoms with Crippen LogP contribution in [0.3, 0.4) is 0 Å². The molecular formula is C14H27N3O3. The molecule has 2 amide bonds. The number of nitrogens with zero attached hydrogens (tertiary/aromatic N) is 2. The molecule has 0 aliphatic carbocycles. The molecule has 1 aliphatic heterocycles. The van der Waals surface area contributed by atoms with Crippen LogP contribution in [-0.2, 0) is 4.79 Å². The van der Waals surface area contributed by atoms with Gasteiger partial charge in [0.1, 0.15) is 0 Å². The van der Waals surface area contributed by atoms with Crippen molar-refractivity contribution in [2.45, 2.75) is 39.2 Å². The van der Waals surface area contributed by atoms with E-state index < -0.39 is 11.4 Å². The number of aliphatic carboxylic acids is 1. The van der Waals surface area contributed by atoms with Crippen molar-refractivity contribution in [3.05, 3.63) is 0 Å². The molecule has 20 heavy (non-hydrogen) atoms. The summed E-state index contributed by atoms with van der Waals surface area (Å²) in [5.41, 5.74) is -0.891. The molecule has 0 aromatic heterocycles. The van der Waals surface area contributed by atoms with Gasteiger partial charge in [-0.15, -0.1) is 0 Å². The molecular weight excluding hydrogens is 258 g/mol. The van der Waals surface area contributed by atoms with Gasteiger partial charge in [-0.1, -0.05) is 6.92 Å². The first-order valence-corrected chi connectivity index (χ1v) is 7.22. The summed E-state index contributed by atoms with van der Waals surface area (Å²) in [4.78, 5) is 27.2. The second-order valence-corrected chi connectivity index (χ2v) is 6.06. The van der Waals surface area contributed by atoms with E-state index in [-0.39, 0.29) is 12.6 Å². The Balaban J connectivity index is 2.43. The number of urea groups is 1. The van der Waals surface area contributed by atoms with E-state index in [1.165, 1.54) is 0 Å². The van der Waals surface area contributed by atoms with Crippen LogP contribution in [0.1, 0.15) is 33.1 Å². The van der Waals surface area contributed by atoms with Gasteiger partial charge in [-0.3, -0.25) is 4.79 Å². The molecule has 0 saturated carbocycles. The van der Waals surface area contributed by atoms with Gasteiger partial charge in [0.25, 0.3) is 0 Å². The van der Waals surface area contributed by atoms with Gasteiger partial charge in [-0.05, 0) is 40.3 Å². The first kappa shape index (κ1) is 16.8. The topological polar surface area (TPSA) is 72.9 Å². The third kappa shape index (κ3) is 4.10. The number of rotatable bonds is 5. The number of carbonyl (C=O) groups excluding carboxylic acids is 1. The second-order valence-electron chi connectivity index (χ2n) is 6.06. The van der Waals surface area contributed by atoms with E-state index in [0.717, 1.165) is 25.9 Å². The van der Waals surface area contributed by atoms with Gasteiger partial charge in [0, 0.05) is 25.7 Å². The van der Waals surface area contributed by atoms with Crippen molar-refractivity contribution >= 4 is 12.0 Å². The molecule has 1 aliphatic rings. The zero-order valence-corrected chi connectivity index (χ0v) is 13.0. The average Bonchev–Trinajstić information content (AvgIpc) is 2.44. The van der Waals surface area contributed by atoms with Gasteiger partial charge in [-0.2, -0.15) is 0 Å². The number of amides is 2. The van der Waals surface area contributed by atoms with Crippen LogP contribution in [0.4, 0.5) is 4.79 Å². The molecule has 0 spiro atoms. The largest absolute Gasteiger partial charge is 0.481 e. The van der Waals surface area contributed by atoms with Gasteiger partial charge in [0.05, 0.1) is 5.41 Å². The molecule has 1 unspecified atom stereocenters. The van der Waals surface area contributed by atoms with Crippen LogP contribution in [-0.4, -0.2) is 66.7 Å². The van der Waals surface area contributed by atoms with Gasteiger partial charge in [-0.25, -0.2) is 4.79 Å². The number of piperidine rings is 1. The van der Waals surface area contributed by atoms with Gasteiger partial charge in [0.15, 0.2) is 0 Å². The van der Waals surface area contributed by atoms with E-state index in [1.54, 1.807) is 11.8 Å². The van der Waals surface area contributed by atoms with Crippen molar-refractivity contribution in [2.24, 2.45) is 5.41 Å². The first-order chi connectivity index (χ1) is 9.30. The molecule has 6 heteroatoms. The molecule has 2 N–H and O–H groups in total. The maximum atomic E-state index is 12.1. The molecule has 1 fully saturated rings. The summed E-state index contributed by atoms with van der Waals surface area (Å²) in [5, 5.41) is 11.9. The Bertz CT molecular complexity index is 352. The number of nitrogens with one attached hydrogen (secondary N) is 1. The van der Waals surface area contributed by atoms with Crippen LogP contribution in [0.5, 0.6) is 0 Å². The minimum atomic E-state index is -0.891. The van der Waals surface area contributed by atoms with Crippen LogP contribution < -0.4 is 5.32 Å². The smallest absolute Gasteiger partial charge is 0.317 e. The third-order valence-corrected chi connectivity index (χ3v) is 4.41. The van der Waals surface area contributed by atoms with Crippen LogP contribution >= 0.6 is 0 Å².